The first-order valence-electron chi connectivity index (χ1n) is 7.63. The van der Waals surface area contributed by atoms with Crippen LogP contribution < -0.4 is 0 Å². The van der Waals surface area contributed by atoms with Crippen LogP contribution in [0.25, 0.3) is 22.2 Å². The van der Waals surface area contributed by atoms with Crippen LogP contribution >= 0.6 is 0 Å². The molecular weight excluding hydrogens is 302 g/mol. The Hall–Kier alpha value is -3.34. The molecule has 2 N–H and O–H groups in total. The van der Waals surface area contributed by atoms with Crippen LogP contribution in [0.2, 0.25) is 0 Å². The quantitative estimate of drug-likeness (QED) is 0.602. The van der Waals surface area contributed by atoms with Gasteiger partial charge in [0.1, 0.15) is 5.69 Å². The van der Waals surface area contributed by atoms with E-state index < -0.39 is 5.97 Å². The lowest BCUT2D eigenvalue weighted by atomic mass is 10.1. The lowest BCUT2D eigenvalue weighted by Crippen LogP contribution is -1.97. The molecule has 2 aromatic heterocycles. The topological polar surface area (TPSA) is 70.9 Å². The standard InChI is InChI=1S/C19H15N3O2/c23-19(24)17-10-16(20-21-17)15-12-22(11-13-6-2-1-3-7-13)18-9-5-4-8-14(15)18/h1-10,12H,11H2,(H,20,21)(H,23,24). The number of fused-ring (bicyclic) bond motifs is 1. The van der Waals surface area contributed by atoms with Crippen LogP contribution in [0.3, 0.4) is 0 Å². The van der Waals surface area contributed by atoms with Crippen molar-refractivity contribution in [1.82, 2.24) is 14.8 Å². The monoisotopic (exact) mass is 317 g/mol. The molecule has 0 aliphatic heterocycles. The minimum atomic E-state index is -1.01. The van der Waals surface area contributed by atoms with Crippen LogP contribution in [0.5, 0.6) is 0 Å². The van der Waals surface area contributed by atoms with Gasteiger partial charge >= 0.3 is 5.97 Å². The lowest BCUT2D eigenvalue weighted by Gasteiger charge is -2.05. The highest BCUT2D eigenvalue weighted by Gasteiger charge is 2.15. The van der Waals surface area contributed by atoms with Crippen LogP contribution in [0, 0.1) is 0 Å². The van der Waals surface area contributed by atoms with Gasteiger partial charge in [-0.1, -0.05) is 48.5 Å². The fraction of sp³-hybridized carbons (Fsp3) is 0.0526. The normalized spacial score (nSPS) is 11.0. The van der Waals surface area contributed by atoms with E-state index >= 15 is 0 Å². The molecule has 118 valence electrons. The summed E-state index contributed by atoms with van der Waals surface area (Å²) < 4.78 is 2.16. The highest BCUT2D eigenvalue weighted by atomic mass is 16.4. The number of rotatable bonds is 4. The average Bonchev–Trinajstić information content (AvgIpc) is 3.21. The maximum atomic E-state index is 11.1. The molecule has 0 aliphatic carbocycles. The first kappa shape index (κ1) is 14.3. The molecule has 24 heavy (non-hydrogen) atoms. The smallest absolute Gasteiger partial charge is 0.353 e. The number of aromatic carboxylic acids is 1. The molecule has 0 unspecified atom stereocenters. The summed E-state index contributed by atoms with van der Waals surface area (Å²) in [5.74, 6) is -1.01. The molecular formula is C19H15N3O2. The molecule has 0 fully saturated rings. The molecule has 4 aromatic rings. The number of nitrogens with one attached hydrogen (secondary N) is 1. The summed E-state index contributed by atoms with van der Waals surface area (Å²) in [5, 5.41) is 16.9. The number of carbonyl (C=O) groups is 1. The molecule has 0 amide bonds. The number of carboxylic acids is 1. The second-order valence-electron chi connectivity index (χ2n) is 5.65. The van der Waals surface area contributed by atoms with Crippen molar-refractivity contribution in [2.75, 3.05) is 0 Å². The van der Waals surface area contributed by atoms with Gasteiger partial charge in [0.2, 0.25) is 0 Å². The largest absolute Gasteiger partial charge is 0.477 e. The fourth-order valence-corrected chi connectivity index (χ4v) is 2.93. The van der Waals surface area contributed by atoms with Gasteiger partial charge in [0.15, 0.2) is 0 Å². The summed E-state index contributed by atoms with van der Waals surface area (Å²) in [4.78, 5) is 11.1. The van der Waals surface area contributed by atoms with Crippen molar-refractivity contribution in [3.63, 3.8) is 0 Å². The van der Waals surface area contributed by atoms with Gasteiger partial charge in [-0.15, -0.1) is 0 Å². The number of benzene rings is 2. The third-order valence-corrected chi connectivity index (χ3v) is 4.07. The molecule has 0 bridgehead atoms. The van der Waals surface area contributed by atoms with E-state index in [4.69, 9.17) is 5.11 Å². The predicted octanol–water partition coefficient (Wildman–Crippen LogP) is 3.78. The number of carboxylic acid groups (broad SMARTS) is 1. The van der Waals surface area contributed by atoms with Crippen molar-refractivity contribution in [3.05, 3.63) is 78.1 Å². The van der Waals surface area contributed by atoms with Crippen molar-refractivity contribution in [1.29, 1.82) is 0 Å². The van der Waals surface area contributed by atoms with Crippen LogP contribution in [-0.4, -0.2) is 25.8 Å². The summed E-state index contributed by atoms with van der Waals surface area (Å²) in [6.07, 6.45) is 2.03. The molecule has 0 saturated heterocycles. The van der Waals surface area contributed by atoms with E-state index in [1.165, 1.54) is 5.56 Å². The van der Waals surface area contributed by atoms with Gasteiger partial charge in [0.25, 0.3) is 0 Å². The predicted molar refractivity (Wildman–Crippen MR) is 92.0 cm³/mol. The van der Waals surface area contributed by atoms with E-state index in [1.54, 1.807) is 6.07 Å². The zero-order chi connectivity index (χ0) is 16.5. The Bertz CT molecular complexity index is 1020. The van der Waals surface area contributed by atoms with Crippen LogP contribution in [0.4, 0.5) is 0 Å². The van der Waals surface area contributed by atoms with Gasteiger partial charge in [-0.25, -0.2) is 4.79 Å². The number of hydrogen-bond donors (Lipinski definition) is 2. The minimum Gasteiger partial charge on any atom is -0.477 e. The van der Waals surface area contributed by atoms with Crippen molar-refractivity contribution in [2.24, 2.45) is 0 Å². The summed E-state index contributed by atoms with van der Waals surface area (Å²) in [7, 11) is 0. The molecule has 5 nitrogen and oxygen atoms in total. The molecule has 2 heterocycles. The van der Waals surface area contributed by atoms with E-state index in [-0.39, 0.29) is 5.69 Å². The number of nitrogens with zero attached hydrogens (tertiary/aromatic N) is 2. The van der Waals surface area contributed by atoms with E-state index in [1.807, 2.05) is 42.6 Å². The first-order valence-corrected chi connectivity index (χ1v) is 7.63. The van der Waals surface area contributed by atoms with Crippen molar-refractivity contribution >= 4 is 16.9 Å². The van der Waals surface area contributed by atoms with Gasteiger partial charge < -0.3 is 9.67 Å². The number of hydrogen-bond acceptors (Lipinski definition) is 2. The second-order valence-corrected chi connectivity index (χ2v) is 5.65. The number of aromatic amines is 1. The molecule has 0 aliphatic rings. The summed E-state index contributed by atoms with van der Waals surface area (Å²) >= 11 is 0. The number of H-pyrrole nitrogens is 1. The zero-order valence-electron chi connectivity index (χ0n) is 12.8. The molecule has 0 atom stereocenters. The average molecular weight is 317 g/mol. The summed E-state index contributed by atoms with van der Waals surface area (Å²) in [6, 6.07) is 19.9. The fourth-order valence-electron chi connectivity index (χ4n) is 2.93. The summed E-state index contributed by atoms with van der Waals surface area (Å²) in [6.45, 7) is 0.748. The van der Waals surface area contributed by atoms with Gasteiger partial charge in [-0.3, -0.25) is 5.10 Å². The highest BCUT2D eigenvalue weighted by molar-refractivity contribution is 5.96. The first-order chi connectivity index (χ1) is 11.7. The Morgan fingerprint density at radius 3 is 2.58 bits per heavy atom. The van der Waals surface area contributed by atoms with Crippen LogP contribution in [0.1, 0.15) is 16.1 Å². The van der Waals surface area contributed by atoms with E-state index in [2.05, 4.69) is 33.0 Å². The van der Waals surface area contributed by atoms with Crippen LogP contribution in [-0.2, 0) is 6.54 Å². The Morgan fingerprint density at radius 1 is 1.08 bits per heavy atom. The Labute approximate surface area is 138 Å². The van der Waals surface area contributed by atoms with E-state index in [0.29, 0.717) is 5.69 Å². The molecule has 5 heteroatoms. The minimum absolute atomic E-state index is 0.0879. The summed E-state index contributed by atoms with van der Waals surface area (Å²) in [5.41, 5.74) is 3.94. The Balaban J connectivity index is 1.83. The van der Waals surface area contributed by atoms with Crippen LogP contribution in [0.15, 0.2) is 66.9 Å². The molecule has 2 aromatic carbocycles. The van der Waals surface area contributed by atoms with Crippen molar-refractivity contribution in [2.45, 2.75) is 6.54 Å². The third kappa shape index (κ3) is 2.46. The lowest BCUT2D eigenvalue weighted by molar-refractivity contribution is 0.0690. The Kier molecular flexibility index (Phi) is 3.39. The van der Waals surface area contributed by atoms with E-state index in [0.717, 1.165) is 23.0 Å². The Morgan fingerprint density at radius 2 is 1.83 bits per heavy atom. The maximum Gasteiger partial charge on any atom is 0.353 e. The van der Waals surface area contributed by atoms with Gasteiger partial charge in [0.05, 0.1) is 5.69 Å². The maximum absolute atomic E-state index is 11.1. The highest BCUT2D eigenvalue weighted by Crippen LogP contribution is 2.30. The SMILES string of the molecule is O=C(O)c1cc(-c2cn(Cc3ccccc3)c3ccccc23)n[nH]1. The van der Waals surface area contributed by atoms with E-state index in [9.17, 15) is 4.79 Å². The number of aromatic nitrogens is 3. The second kappa shape index (κ2) is 5.70. The molecule has 4 rings (SSSR count). The number of para-hydroxylation sites is 1. The third-order valence-electron chi connectivity index (χ3n) is 4.07. The van der Waals surface area contributed by atoms with Crippen molar-refractivity contribution in [3.8, 4) is 11.3 Å². The van der Waals surface area contributed by atoms with Gasteiger partial charge in [-0.05, 0) is 17.7 Å². The zero-order valence-corrected chi connectivity index (χ0v) is 12.8. The van der Waals surface area contributed by atoms with Crippen molar-refractivity contribution < 1.29 is 9.90 Å². The van der Waals surface area contributed by atoms with Gasteiger partial charge in [-0.2, -0.15) is 5.10 Å². The molecule has 0 saturated carbocycles. The van der Waals surface area contributed by atoms with Gasteiger partial charge in [0, 0.05) is 29.2 Å². The molecule has 0 radical (unpaired) electrons. The molecule has 0 spiro atoms.